The number of aliphatic hydroxyl groups excluding tert-OH is 1. The lowest BCUT2D eigenvalue weighted by Crippen LogP contribution is -2.28. The molecule has 24 heavy (non-hydrogen) atoms. The highest BCUT2D eigenvalue weighted by molar-refractivity contribution is 7.89. The third-order valence-electron chi connectivity index (χ3n) is 3.78. The summed E-state index contributed by atoms with van der Waals surface area (Å²) in [4.78, 5) is -0.00298. The van der Waals surface area contributed by atoms with Crippen LogP contribution >= 0.6 is 11.6 Å². The van der Waals surface area contributed by atoms with Gasteiger partial charge >= 0.3 is 0 Å². The second-order valence-corrected chi connectivity index (χ2v) is 7.51. The fourth-order valence-electron chi connectivity index (χ4n) is 2.58. The zero-order valence-electron chi connectivity index (χ0n) is 12.7. The molecule has 0 saturated carbocycles. The Kier molecular flexibility index (Phi) is 4.87. The van der Waals surface area contributed by atoms with Crippen LogP contribution in [0.3, 0.4) is 0 Å². The Bertz CT molecular complexity index is 967. The van der Waals surface area contributed by atoms with Gasteiger partial charge in [0.05, 0.1) is 11.1 Å². The summed E-state index contributed by atoms with van der Waals surface area (Å²) >= 11 is 5.94. The molecule has 1 unspecified atom stereocenters. The smallest absolute Gasteiger partial charge is 0.242 e. The summed E-state index contributed by atoms with van der Waals surface area (Å²) in [7, 11) is -3.79. The summed E-state index contributed by atoms with van der Waals surface area (Å²) in [6.45, 7) is -0.137. The van der Waals surface area contributed by atoms with E-state index in [4.69, 9.17) is 11.6 Å². The summed E-state index contributed by atoms with van der Waals surface area (Å²) < 4.78 is 27.1. The van der Waals surface area contributed by atoms with E-state index in [0.717, 1.165) is 10.8 Å². The second-order valence-electron chi connectivity index (χ2n) is 5.37. The molecule has 0 heterocycles. The minimum absolute atomic E-state index is 0.00298. The summed E-state index contributed by atoms with van der Waals surface area (Å²) in [6, 6.07) is 19.4. The molecule has 3 aromatic carbocycles. The van der Waals surface area contributed by atoms with Crippen molar-refractivity contribution in [1.82, 2.24) is 4.72 Å². The van der Waals surface area contributed by atoms with Gasteiger partial charge in [0.2, 0.25) is 10.0 Å². The predicted octanol–water partition coefficient (Wildman–Crippen LogP) is 3.51. The molecule has 2 N–H and O–H groups in total. The molecule has 124 valence electrons. The van der Waals surface area contributed by atoms with Crippen molar-refractivity contribution >= 4 is 32.4 Å². The van der Waals surface area contributed by atoms with Gasteiger partial charge in [0.15, 0.2) is 0 Å². The minimum atomic E-state index is -3.79. The fourth-order valence-corrected chi connectivity index (χ4v) is 4.14. The molecule has 3 rings (SSSR count). The maximum Gasteiger partial charge on any atom is 0.242 e. The van der Waals surface area contributed by atoms with Crippen LogP contribution in [0.1, 0.15) is 11.7 Å². The van der Waals surface area contributed by atoms with Gasteiger partial charge in [-0.05, 0) is 28.5 Å². The van der Waals surface area contributed by atoms with Crippen LogP contribution in [0.15, 0.2) is 71.6 Å². The fraction of sp³-hybridized carbons (Fsp3) is 0.111. The molecule has 1 atom stereocenters. The van der Waals surface area contributed by atoms with Crippen molar-refractivity contribution in [3.63, 3.8) is 0 Å². The number of hydrogen-bond donors (Lipinski definition) is 2. The number of hydrogen-bond acceptors (Lipinski definition) is 3. The molecule has 0 radical (unpaired) electrons. The van der Waals surface area contributed by atoms with Gasteiger partial charge in [0.25, 0.3) is 0 Å². The number of sulfonamides is 1. The SMILES string of the molecule is O=S(=O)(NCC(O)c1cccc2ccccc12)c1ccccc1Cl. The van der Waals surface area contributed by atoms with Gasteiger partial charge in [-0.25, -0.2) is 13.1 Å². The number of nitrogens with one attached hydrogen (secondary N) is 1. The van der Waals surface area contributed by atoms with Crippen molar-refractivity contribution in [2.24, 2.45) is 0 Å². The molecule has 0 bridgehead atoms. The van der Waals surface area contributed by atoms with Crippen LogP contribution in [0.5, 0.6) is 0 Å². The lowest BCUT2D eigenvalue weighted by Gasteiger charge is -2.15. The van der Waals surface area contributed by atoms with Crippen LogP contribution in [-0.2, 0) is 10.0 Å². The van der Waals surface area contributed by atoms with E-state index < -0.39 is 16.1 Å². The van der Waals surface area contributed by atoms with Crippen LogP contribution in [0.4, 0.5) is 0 Å². The van der Waals surface area contributed by atoms with E-state index in [9.17, 15) is 13.5 Å². The van der Waals surface area contributed by atoms with E-state index in [1.54, 1.807) is 18.2 Å². The van der Waals surface area contributed by atoms with Crippen molar-refractivity contribution in [3.05, 3.63) is 77.3 Å². The van der Waals surface area contributed by atoms with E-state index >= 15 is 0 Å². The normalized spacial score (nSPS) is 13.1. The first kappa shape index (κ1) is 16.9. The summed E-state index contributed by atoms with van der Waals surface area (Å²) in [5, 5.41) is 12.5. The first-order valence-corrected chi connectivity index (χ1v) is 9.25. The summed E-state index contributed by atoms with van der Waals surface area (Å²) in [5.74, 6) is 0. The van der Waals surface area contributed by atoms with E-state index in [-0.39, 0.29) is 16.5 Å². The van der Waals surface area contributed by atoms with Crippen LogP contribution in [0, 0.1) is 0 Å². The Morgan fingerprint density at radius 3 is 2.42 bits per heavy atom. The predicted molar refractivity (Wildman–Crippen MR) is 95.5 cm³/mol. The Balaban J connectivity index is 1.83. The highest BCUT2D eigenvalue weighted by Crippen LogP contribution is 2.25. The highest BCUT2D eigenvalue weighted by Gasteiger charge is 2.19. The lowest BCUT2D eigenvalue weighted by atomic mass is 10.0. The van der Waals surface area contributed by atoms with Crippen molar-refractivity contribution in [2.45, 2.75) is 11.0 Å². The average Bonchev–Trinajstić information content (AvgIpc) is 2.59. The zero-order valence-corrected chi connectivity index (χ0v) is 14.3. The number of aliphatic hydroxyl groups is 1. The van der Waals surface area contributed by atoms with E-state index in [1.165, 1.54) is 12.1 Å². The third-order valence-corrected chi connectivity index (χ3v) is 5.70. The molecule has 3 aromatic rings. The van der Waals surface area contributed by atoms with Crippen molar-refractivity contribution < 1.29 is 13.5 Å². The van der Waals surface area contributed by atoms with Crippen LogP contribution in [0.25, 0.3) is 10.8 Å². The van der Waals surface area contributed by atoms with Gasteiger partial charge in [0.1, 0.15) is 4.90 Å². The molecular weight excluding hydrogens is 346 g/mol. The van der Waals surface area contributed by atoms with Gasteiger partial charge in [-0.1, -0.05) is 66.2 Å². The Labute approximate surface area is 145 Å². The number of rotatable bonds is 5. The van der Waals surface area contributed by atoms with Gasteiger partial charge in [-0.2, -0.15) is 0 Å². The molecular formula is C18H16ClNO3S. The van der Waals surface area contributed by atoms with Crippen LogP contribution in [-0.4, -0.2) is 20.1 Å². The van der Waals surface area contributed by atoms with Crippen LogP contribution < -0.4 is 4.72 Å². The second kappa shape index (κ2) is 6.91. The molecule has 0 saturated heterocycles. The highest BCUT2D eigenvalue weighted by atomic mass is 35.5. The van der Waals surface area contributed by atoms with Crippen LogP contribution in [0.2, 0.25) is 5.02 Å². The topological polar surface area (TPSA) is 66.4 Å². The first-order valence-electron chi connectivity index (χ1n) is 7.39. The minimum Gasteiger partial charge on any atom is -0.387 e. The molecule has 0 aliphatic heterocycles. The number of benzene rings is 3. The molecule has 0 spiro atoms. The average molecular weight is 362 g/mol. The van der Waals surface area contributed by atoms with E-state index in [0.29, 0.717) is 5.56 Å². The molecule has 6 heteroatoms. The first-order chi connectivity index (χ1) is 11.5. The molecule has 0 fully saturated rings. The van der Waals surface area contributed by atoms with Gasteiger partial charge in [-0.3, -0.25) is 0 Å². The molecule has 0 aromatic heterocycles. The standard InChI is InChI=1S/C18H16ClNO3S/c19-16-10-3-4-11-18(16)24(22,23)20-12-17(21)15-9-5-7-13-6-1-2-8-14(13)15/h1-11,17,20-21H,12H2. The van der Waals surface area contributed by atoms with Crippen molar-refractivity contribution in [1.29, 1.82) is 0 Å². The van der Waals surface area contributed by atoms with E-state index in [2.05, 4.69) is 4.72 Å². The maximum atomic E-state index is 12.3. The molecule has 0 amide bonds. The molecule has 0 aliphatic rings. The monoisotopic (exact) mass is 361 g/mol. The molecule has 4 nitrogen and oxygen atoms in total. The Morgan fingerprint density at radius 2 is 1.62 bits per heavy atom. The Hall–Kier alpha value is -1.92. The van der Waals surface area contributed by atoms with Crippen molar-refractivity contribution in [3.8, 4) is 0 Å². The third kappa shape index (κ3) is 3.44. The van der Waals surface area contributed by atoms with Gasteiger partial charge in [0, 0.05) is 6.54 Å². The largest absolute Gasteiger partial charge is 0.387 e. The quantitative estimate of drug-likeness (QED) is 0.730. The zero-order chi connectivity index (χ0) is 17.2. The van der Waals surface area contributed by atoms with E-state index in [1.807, 2.05) is 36.4 Å². The van der Waals surface area contributed by atoms with Gasteiger partial charge < -0.3 is 5.11 Å². The number of fused-ring (bicyclic) bond motifs is 1. The lowest BCUT2D eigenvalue weighted by molar-refractivity contribution is 0.183. The summed E-state index contributed by atoms with van der Waals surface area (Å²) in [5.41, 5.74) is 0.676. The Morgan fingerprint density at radius 1 is 0.958 bits per heavy atom. The van der Waals surface area contributed by atoms with Gasteiger partial charge in [-0.15, -0.1) is 0 Å². The molecule has 0 aliphatic carbocycles. The number of halogens is 1. The van der Waals surface area contributed by atoms with Crippen molar-refractivity contribution in [2.75, 3.05) is 6.54 Å². The summed E-state index contributed by atoms with van der Waals surface area (Å²) in [6.07, 6.45) is -0.964. The maximum absolute atomic E-state index is 12.3.